The maximum absolute atomic E-state index is 10.3. The van der Waals surface area contributed by atoms with Gasteiger partial charge in [0.1, 0.15) is 5.75 Å². The van der Waals surface area contributed by atoms with Crippen LogP contribution in [0.25, 0.3) is 32.8 Å². The van der Waals surface area contributed by atoms with E-state index < -0.39 is 0 Å². The number of nitrogen functional groups attached to an aromatic ring is 1. The molecule has 3 N–H and O–H groups in total. The van der Waals surface area contributed by atoms with E-state index in [-0.39, 0.29) is 0 Å². The monoisotopic (exact) mass is 287 g/mol. The van der Waals surface area contributed by atoms with E-state index in [1.807, 2.05) is 60.1 Å². The summed E-state index contributed by atoms with van der Waals surface area (Å²) in [5.74, 6) is 0.293. The third-order valence-electron chi connectivity index (χ3n) is 4.09. The second-order valence-electron chi connectivity index (χ2n) is 5.50. The normalized spacial score (nSPS) is 11.3. The fourth-order valence-electron chi connectivity index (χ4n) is 3.01. The Kier molecular flexibility index (Phi) is 2.63. The van der Waals surface area contributed by atoms with E-state index in [9.17, 15) is 5.11 Å². The lowest BCUT2D eigenvalue weighted by molar-refractivity contribution is 0.482. The third-order valence-corrected chi connectivity index (χ3v) is 4.09. The van der Waals surface area contributed by atoms with Crippen molar-refractivity contribution >= 4 is 27.4 Å². The molecule has 0 amide bonds. The molecule has 0 atom stereocenters. The molecular formula is C19H15N2O. The van der Waals surface area contributed by atoms with Crippen molar-refractivity contribution in [1.82, 2.24) is 4.57 Å². The molecule has 3 heteroatoms. The van der Waals surface area contributed by atoms with Gasteiger partial charge in [0.25, 0.3) is 0 Å². The van der Waals surface area contributed by atoms with Gasteiger partial charge in [-0.15, -0.1) is 0 Å². The van der Waals surface area contributed by atoms with Gasteiger partial charge in [0, 0.05) is 35.1 Å². The maximum atomic E-state index is 10.3. The predicted molar refractivity (Wildman–Crippen MR) is 90.8 cm³/mol. The first-order valence-corrected chi connectivity index (χ1v) is 7.13. The average Bonchev–Trinajstić information content (AvgIpc) is 2.86. The molecule has 1 heterocycles. The van der Waals surface area contributed by atoms with Gasteiger partial charge in [-0.05, 0) is 23.1 Å². The van der Waals surface area contributed by atoms with Crippen molar-refractivity contribution in [2.75, 3.05) is 5.73 Å². The van der Waals surface area contributed by atoms with E-state index in [1.165, 1.54) is 0 Å². The SMILES string of the molecule is Cn1[c]c(-c2ccc(N)cc2)c2c3ccccc3c(O)cc21. The van der Waals surface area contributed by atoms with E-state index in [1.54, 1.807) is 6.07 Å². The fraction of sp³-hybridized carbons (Fsp3) is 0.0526. The number of aromatic nitrogens is 1. The van der Waals surface area contributed by atoms with Crippen molar-refractivity contribution in [3.8, 4) is 16.9 Å². The van der Waals surface area contributed by atoms with Gasteiger partial charge in [-0.2, -0.15) is 0 Å². The number of hydrogen-bond acceptors (Lipinski definition) is 2. The van der Waals surface area contributed by atoms with Crippen molar-refractivity contribution in [2.45, 2.75) is 0 Å². The molecular weight excluding hydrogens is 272 g/mol. The highest BCUT2D eigenvalue weighted by atomic mass is 16.3. The molecule has 0 bridgehead atoms. The van der Waals surface area contributed by atoms with Crippen LogP contribution in [0.15, 0.2) is 54.6 Å². The predicted octanol–water partition coefficient (Wildman–Crippen LogP) is 4.09. The van der Waals surface area contributed by atoms with Crippen LogP contribution < -0.4 is 5.73 Å². The standard InChI is InChI=1S/C19H15N2O/c1-21-11-16(12-6-8-13(20)9-7-12)19-15-5-3-2-4-14(15)18(22)10-17(19)21/h2-10,22H,20H2,1H3. The Morgan fingerprint density at radius 3 is 2.41 bits per heavy atom. The Morgan fingerprint density at radius 2 is 1.68 bits per heavy atom. The second kappa shape index (κ2) is 4.53. The number of anilines is 1. The number of benzene rings is 3. The van der Waals surface area contributed by atoms with E-state index in [2.05, 4.69) is 6.20 Å². The molecule has 1 aromatic heterocycles. The van der Waals surface area contributed by atoms with Crippen LogP contribution in [-0.4, -0.2) is 9.67 Å². The van der Waals surface area contributed by atoms with Crippen LogP contribution in [0.1, 0.15) is 0 Å². The number of phenols is 1. The van der Waals surface area contributed by atoms with Gasteiger partial charge in [-0.1, -0.05) is 36.4 Å². The van der Waals surface area contributed by atoms with E-state index >= 15 is 0 Å². The van der Waals surface area contributed by atoms with E-state index in [0.29, 0.717) is 5.75 Å². The lowest BCUT2D eigenvalue weighted by Gasteiger charge is -2.06. The summed E-state index contributed by atoms with van der Waals surface area (Å²) in [6.45, 7) is 0. The van der Waals surface area contributed by atoms with Crippen molar-refractivity contribution in [1.29, 1.82) is 0 Å². The van der Waals surface area contributed by atoms with Gasteiger partial charge >= 0.3 is 0 Å². The number of hydrogen-bond donors (Lipinski definition) is 2. The number of nitrogens with two attached hydrogens (primary N) is 1. The molecule has 0 fully saturated rings. The molecule has 0 aliphatic heterocycles. The largest absolute Gasteiger partial charge is 0.507 e. The summed E-state index contributed by atoms with van der Waals surface area (Å²) in [5.41, 5.74) is 9.58. The van der Waals surface area contributed by atoms with Crippen LogP contribution in [0.2, 0.25) is 0 Å². The minimum absolute atomic E-state index is 0.293. The van der Waals surface area contributed by atoms with Crippen LogP contribution >= 0.6 is 0 Å². The zero-order chi connectivity index (χ0) is 15.3. The molecule has 1 radical (unpaired) electrons. The molecule has 4 rings (SSSR count). The van der Waals surface area contributed by atoms with Gasteiger partial charge in [-0.25, -0.2) is 0 Å². The van der Waals surface area contributed by atoms with Crippen LogP contribution in [0.5, 0.6) is 5.75 Å². The second-order valence-corrected chi connectivity index (χ2v) is 5.50. The summed E-state index contributed by atoms with van der Waals surface area (Å²) in [5, 5.41) is 13.2. The number of rotatable bonds is 1. The quantitative estimate of drug-likeness (QED) is 0.518. The van der Waals surface area contributed by atoms with Crippen molar-refractivity contribution in [2.24, 2.45) is 7.05 Å². The summed E-state index contributed by atoms with van der Waals surface area (Å²) in [7, 11) is 1.94. The third kappa shape index (κ3) is 1.76. The molecule has 0 unspecified atom stereocenters. The topological polar surface area (TPSA) is 51.2 Å². The lowest BCUT2D eigenvalue weighted by atomic mass is 9.99. The summed E-state index contributed by atoms with van der Waals surface area (Å²) in [4.78, 5) is 0. The Hall–Kier alpha value is -2.94. The Morgan fingerprint density at radius 1 is 1.00 bits per heavy atom. The summed E-state index contributed by atoms with van der Waals surface area (Å²) in [6, 6.07) is 17.5. The molecule has 3 nitrogen and oxygen atoms in total. The first-order valence-electron chi connectivity index (χ1n) is 7.13. The van der Waals surface area contributed by atoms with E-state index in [0.717, 1.165) is 38.5 Å². The molecule has 0 aliphatic carbocycles. The highest BCUT2D eigenvalue weighted by Gasteiger charge is 2.14. The molecule has 0 aliphatic rings. The van der Waals surface area contributed by atoms with Crippen LogP contribution in [-0.2, 0) is 7.05 Å². The number of aromatic hydroxyl groups is 1. The van der Waals surface area contributed by atoms with Crippen LogP contribution in [0, 0.1) is 6.20 Å². The number of nitrogens with zero attached hydrogens (tertiary/aromatic N) is 1. The smallest absolute Gasteiger partial charge is 0.125 e. The highest BCUT2D eigenvalue weighted by molar-refractivity contribution is 6.15. The van der Waals surface area contributed by atoms with Gasteiger partial charge in [0.2, 0.25) is 0 Å². The van der Waals surface area contributed by atoms with Gasteiger partial charge < -0.3 is 15.4 Å². The van der Waals surface area contributed by atoms with Crippen LogP contribution in [0.3, 0.4) is 0 Å². The summed E-state index contributed by atoms with van der Waals surface area (Å²) >= 11 is 0. The zero-order valence-electron chi connectivity index (χ0n) is 12.2. The van der Waals surface area contributed by atoms with Crippen molar-refractivity contribution < 1.29 is 5.11 Å². The molecule has 0 saturated carbocycles. The molecule has 3 aromatic carbocycles. The number of phenolic OH excluding ortho intramolecular Hbond substituents is 1. The molecule has 4 aromatic rings. The van der Waals surface area contributed by atoms with Crippen molar-refractivity contribution in [3.05, 3.63) is 60.8 Å². The van der Waals surface area contributed by atoms with E-state index in [4.69, 9.17) is 5.73 Å². The van der Waals surface area contributed by atoms with Crippen LogP contribution in [0.4, 0.5) is 5.69 Å². The maximum Gasteiger partial charge on any atom is 0.125 e. The summed E-state index contributed by atoms with van der Waals surface area (Å²) < 4.78 is 1.92. The minimum atomic E-state index is 0.293. The molecule has 0 spiro atoms. The first-order chi connectivity index (χ1) is 10.6. The Labute approximate surface area is 128 Å². The Balaban J connectivity index is 2.16. The highest BCUT2D eigenvalue weighted by Crippen LogP contribution is 2.39. The number of aryl methyl sites for hydroxylation is 1. The molecule has 22 heavy (non-hydrogen) atoms. The summed E-state index contributed by atoms with van der Waals surface area (Å²) in [6.07, 6.45) is 3.37. The van der Waals surface area contributed by atoms with Gasteiger partial charge in [-0.3, -0.25) is 0 Å². The average molecular weight is 287 g/mol. The number of fused-ring (bicyclic) bond motifs is 3. The zero-order valence-corrected chi connectivity index (χ0v) is 12.2. The van der Waals surface area contributed by atoms with Gasteiger partial charge in [0.05, 0.1) is 11.7 Å². The van der Waals surface area contributed by atoms with Crippen molar-refractivity contribution in [3.63, 3.8) is 0 Å². The lowest BCUT2D eigenvalue weighted by Crippen LogP contribution is -1.84. The Bertz CT molecular complexity index is 997. The molecule has 107 valence electrons. The minimum Gasteiger partial charge on any atom is -0.507 e. The first kappa shape index (κ1) is 12.8. The van der Waals surface area contributed by atoms with Gasteiger partial charge in [0.15, 0.2) is 0 Å². The fourth-order valence-corrected chi connectivity index (χ4v) is 3.01. The molecule has 0 saturated heterocycles.